The van der Waals surface area contributed by atoms with E-state index in [4.69, 9.17) is 0 Å². The lowest BCUT2D eigenvalue weighted by molar-refractivity contribution is 0.602. The predicted molar refractivity (Wildman–Crippen MR) is 72.5 cm³/mol. The lowest BCUT2D eigenvalue weighted by atomic mass is 10.3. The summed E-state index contributed by atoms with van der Waals surface area (Å²) in [6.07, 6.45) is 1.20. The average Bonchev–Trinajstić information content (AvgIpc) is 2.95. The molecule has 2 aromatic heterocycles. The predicted octanol–water partition coefficient (Wildman–Crippen LogP) is 2.69. The molecule has 0 fully saturated rings. The highest BCUT2D eigenvalue weighted by molar-refractivity contribution is 7.90. The Kier molecular flexibility index (Phi) is 2.49. The van der Waals surface area contributed by atoms with Crippen molar-refractivity contribution in [3.63, 3.8) is 0 Å². The Bertz CT molecular complexity index is 802. The molecule has 18 heavy (non-hydrogen) atoms. The van der Waals surface area contributed by atoms with Gasteiger partial charge < -0.3 is 4.98 Å². The molecule has 92 valence electrons. The summed E-state index contributed by atoms with van der Waals surface area (Å²) in [6, 6.07) is 8.85. The minimum absolute atomic E-state index is 0.302. The van der Waals surface area contributed by atoms with E-state index in [1.165, 1.54) is 6.26 Å². The molecule has 0 amide bonds. The Hall–Kier alpha value is -1.66. The third-order valence-electron chi connectivity index (χ3n) is 2.64. The van der Waals surface area contributed by atoms with Crippen LogP contribution in [0, 0.1) is 0 Å². The fourth-order valence-electron chi connectivity index (χ4n) is 1.75. The van der Waals surface area contributed by atoms with Crippen LogP contribution in [-0.2, 0) is 9.84 Å². The average molecular weight is 278 g/mol. The van der Waals surface area contributed by atoms with Gasteiger partial charge in [-0.15, -0.1) is 11.3 Å². The summed E-state index contributed by atoms with van der Waals surface area (Å²) in [5.41, 5.74) is 1.51. The molecule has 0 radical (unpaired) electrons. The molecule has 1 aromatic carbocycles. The number of thiophene rings is 1. The largest absolute Gasteiger partial charge is 0.337 e. The zero-order valence-corrected chi connectivity index (χ0v) is 11.2. The lowest BCUT2D eigenvalue weighted by Gasteiger charge is -1.96. The molecule has 2 heterocycles. The van der Waals surface area contributed by atoms with Crippen LogP contribution >= 0.6 is 11.3 Å². The van der Waals surface area contributed by atoms with Gasteiger partial charge in [-0.3, -0.25) is 0 Å². The maximum atomic E-state index is 11.5. The molecular weight excluding hydrogens is 268 g/mol. The highest BCUT2D eigenvalue weighted by Crippen LogP contribution is 2.25. The summed E-state index contributed by atoms with van der Waals surface area (Å²) in [6.45, 7) is 0. The van der Waals surface area contributed by atoms with Crippen molar-refractivity contribution in [2.24, 2.45) is 0 Å². The van der Waals surface area contributed by atoms with Crippen LogP contribution in [0.3, 0.4) is 0 Å². The summed E-state index contributed by atoms with van der Waals surface area (Å²) >= 11 is 1.59. The second kappa shape index (κ2) is 3.93. The van der Waals surface area contributed by atoms with Crippen molar-refractivity contribution < 1.29 is 8.42 Å². The van der Waals surface area contributed by atoms with Crippen molar-refractivity contribution in [1.29, 1.82) is 0 Å². The van der Waals surface area contributed by atoms with Gasteiger partial charge >= 0.3 is 0 Å². The second-order valence-corrected chi connectivity index (χ2v) is 6.98. The fraction of sp³-hybridized carbons (Fsp3) is 0.0833. The molecule has 0 aliphatic rings. The summed E-state index contributed by atoms with van der Waals surface area (Å²) in [5, 5.41) is 1.98. The Morgan fingerprint density at radius 2 is 2.11 bits per heavy atom. The standard InChI is InChI=1S/C12H10N2O2S2/c1-18(15,16)8-4-5-9-10(7-8)14-12(13-9)11-3-2-6-17-11/h2-7H,1H3,(H,13,14). The van der Waals surface area contributed by atoms with Crippen LogP contribution in [0.2, 0.25) is 0 Å². The Balaban J connectivity index is 2.19. The third-order valence-corrected chi connectivity index (χ3v) is 4.62. The van der Waals surface area contributed by atoms with Gasteiger partial charge in [-0.2, -0.15) is 0 Å². The van der Waals surface area contributed by atoms with Gasteiger partial charge in [0, 0.05) is 6.26 Å². The first kappa shape index (κ1) is 11.4. The van der Waals surface area contributed by atoms with Crippen LogP contribution in [0.15, 0.2) is 40.6 Å². The van der Waals surface area contributed by atoms with Crippen LogP contribution in [-0.4, -0.2) is 24.6 Å². The number of rotatable bonds is 2. The van der Waals surface area contributed by atoms with E-state index in [1.807, 2.05) is 17.5 Å². The molecule has 0 saturated carbocycles. The number of benzene rings is 1. The maximum absolute atomic E-state index is 11.5. The molecule has 1 N–H and O–H groups in total. The first-order valence-electron chi connectivity index (χ1n) is 5.28. The van der Waals surface area contributed by atoms with Crippen LogP contribution < -0.4 is 0 Å². The maximum Gasteiger partial charge on any atom is 0.175 e. The second-order valence-electron chi connectivity index (χ2n) is 4.01. The molecule has 3 rings (SSSR count). The molecule has 0 bridgehead atoms. The smallest absolute Gasteiger partial charge is 0.175 e. The van der Waals surface area contributed by atoms with E-state index >= 15 is 0 Å². The normalized spacial score (nSPS) is 12.1. The van der Waals surface area contributed by atoms with E-state index in [1.54, 1.807) is 29.5 Å². The van der Waals surface area contributed by atoms with Gasteiger partial charge in [0.1, 0.15) is 5.82 Å². The van der Waals surface area contributed by atoms with Crippen molar-refractivity contribution in [2.45, 2.75) is 4.90 Å². The van der Waals surface area contributed by atoms with Gasteiger partial charge in [-0.1, -0.05) is 6.07 Å². The highest BCUT2D eigenvalue weighted by atomic mass is 32.2. The summed E-state index contributed by atoms with van der Waals surface area (Å²) in [4.78, 5) is 8.92. The van der Waals surface area contributed by atoms with Crippen LogP contribution in [0.25, 0.3) is 21.7 Å². The quantitative estimate of drug-likeness (QED) is 0.784. The third kappa shape index (κ3) is 1.93. The number of aromatic nitrogens is 2. The molecule has 6 heteroatoms. The van der Waals surface area contributed by atoms with Crippen molar-refractivity contribution in [1.82, 2.24) is 9.97 Å². The van der Waals surface area contributed by atoms with Crippen molar-refractivity contribution in [2.75, 3.05) is 6.26 Å². The number of hydrogen-bond donors (Lipinski definition) is 1. The highest BCUT2D eigenvalue weighted by Gasteiger charge is 2.11. The fourth-order valence-corrected chi connectivity index (χ4v) is 3.07. The summed E-state index contributed by atoms with van der Waals surface area (Å²) < 4.78 is 23.0. The molecule has 0 atom stereocenters. The van der Waals surface area contributed by atoms with Gasteiger partial charge in [0.2, 0.25) is 0 Å². The van der Waals surface area contributed by atoms with E-state index in [2.05, 4.69) is 9.97 Å². The Labute approximate surface area is 108 Å². The van der Waals surface area contributed by atoms with E-state index in [0.717, 1.165) is 21.7 Å². The topological polar surface area (TPSA) is 62.8 Å². The van der Waals surface area contributed by atoms with Crippen molar-refractivity contribution in [3.8, 4) is 10.7 Å². The molecule has 0 unspecified atom stereocenters. The van der Waals surface area contributed by atoms with Gasteiger partial charge in [-0.05, 0) is 29.6 Å². The van der Waals surface area contributed by atoms with Crippen LogP contribution in [0.1, 0.15) is 0 Å². The van der Waals surface area contributed by atoms with Gasteiger partial charge in [-0.25, -0.2) is 13.4 Å². The Morgan fingerprint density at radius 3 is 2.78 bits per heavy atom. The molecule has 0 saturated heterocycles. The van der Waals surface area contributed by atoms with E-state index in [9.17, 15) is 8.42 Å². The Morgan fingerprint density at radius 1 is 1.28 bits per heavy atom. The molecule has 0 aliphatic carbocycles. The number of H-pyrrole nitrogens is 1. The van der Waals surface area contributed by atoms with Crippen LogP contribution in [0.4, 0.5) is 0 Å². The minimum Gasteiger partial charge on any atom is -0.337 e. The van der Waals surface area contributed by atoms with Gasteiger partial charge in [0.25, 0.3) is 0 Å². The van der Waals surface area contributed by atoms with Crippen LogP contribution in [0.5, 0.6) is 0 Å². The molecule has 3 aromatic rings. The number of aromatic amines is 1. The van der Waals surface area contributed by atoms with Crippen molar-refractivity contribution in [3.05, 3.63) is 35.7 Å². The molecule has 0 aliphatic heterocycles. The molecule has 4 nitrogen and oxygen atoms in total. The number of hydrogen-bond acceptors (Lipinski definition) is 4. The first-order chi connectivity index (χ1) is 8.54. The zero-order valence-electron chi connectivity index (χ0n) is 9.54. The monoisotopic (exact) mass is 278 g/mol. The van der Waals surface area contributed by atoms with Crippen molar-refractivity contribution >= 4 is 32.2 Å². The minimum atomic E-state index is -3.18. The molecular formula is C12H10N2O2S2. The molecule has 0 spiro atoms. The van der Waals surface area contributed by atoms with Gasteiger partial charge in [0.05, 0.1) is 20.8 Å². The van der Waals surface area contributed by atoms with Gasteiger partial charge in [0.15, 0.2) is 9.84 Å². The summed E-state index contributed by atoms with van der Waals surface area (Å²) in [7, 11) is -3.18. The number of sulfone groups is 1. The number of nitrogens with zero attached hydrogens (tertiary/aromatic N) is 1. The zero-order chi connectivity index (χ0) is 12.8. The lowest BCUT2D eigenvalue weighted by Crippen LogP contribution is -1.96. The summed E-state index contributed by atoms with van der Waals surface area (Å²) in [5.74, 6) is 0.769. The van der Waals surface area contributed by atoms with E-state index < -0.39 is 9.84 Å². The van der Waals surface area contributed by atoms with E-state index in [-0.39, 0.29) is 0 Å². The number of fused-ring (bicyclic) bond motifs is 1. The number of imidazole rings is 1. The number of nitrogens with one attached hydrogen (secondary N) is 1. The SMILES string of the molecule is CS(=O)(=O)c1ccc2nc(-c3cccs3)[nH]c2c1. The van der Waals surface area contributed by atoms with E-state index in [0.29, 0.717) is 4.90 Å². The first-order valence-corrected chi connectivity index (χ1v) is 8.05.